The van der Waals surface area contributed by atoms with E-state index < -0.39 is 24.5 Å². The lowest BCUT2D eigenvalue weighted by atomic mass is 9.97. The third kappa shape index (κ3) is 9.62. The number of likely N-dealkylation sites (N-methyl/N-ethyl adjacent to an activating group) is 1. The maximum Gasteiger partial charge on any atom is 0.303 e. The normalized spacial score (nSPS) is 19.5. The van der Waals surface area contributed by atoms with Crippen LogP contribution in [0.1, 0.15) is 73.5 Å². The van der Waals surface area contributed by atoms with Gasteiger partial charge in [0.15, 0.2) is 12.4 Å². The van der Waals surface area contributed by atoms with Crippen LogP contribution in [0.25, 0.3) is 11.1 Å². The van der Waals surface area contributed by atoms with Gasteiger partial charge in [0.1, 0.15) is 0 Å². The average Bonchev–Trinajstić information content (AvgIpc) is 3.13. The first-order valence-corrected chi connectivity index (χ1v) is 16.7. The van der Waals surface area contributed by atoms with E-state index >= 15 is 0 Å². The van der Waals surface area contributed by atoms with E-state index in [1.54, 1.807) is 6.92 Å². The second-order valence-corrected chi connectivity index (χ2v) is 12.7. The van der Waals surface area contributed by atoms with Crippen LogP contribution in [-0.4, -0.2) is 58.8 Å². The van der Waals surface area contributed by atoms with Gasteiger partial charge in [-0.25, -0.2) is 0 Å². The van der Waals surface area contributed by atoms with Crippen LogP contribution in [0, 0.1) is 0 Å². The number of nitrogens with zero attached hydrogens (tertiary/aromatic N) is 1. The number of nitrogens with one attached hydrogen (secondary N) is 1. The van der Waals surface area contributed by atoms with Crippen molar-refractivity contribution in [1.82, 2.24) is 10.2 Å². The highest BCUT2D eigenvalue weighted by molar-refractivity contribution is 5.82. The van der Waals surface area contributed by atoms with Crippen LogP contribution in [0.5, 0.6) is 0 Å². The molecule has 1 aliphatic heterocycles. The minimum absolute atomic E-state index is 0.0274. The Morgan fingerprint density at radius 1 is 0.878 bits per heavy atom. The summed E-state index contributed by atoms with van der Waals surface area (Å²) >= 11 is 0. The summed E-state index contributed by atoms with van der Waals surface area (Å²) in [4.78, 5) is 25.7. The highest BCUT2D eigenvalue weighted by Gasteiger charge is 2.34. The van der Waals surface area contributed by atoms with Gasteiger partial charge >= 0.3 is 5.97 Å². The first kappa shape index (κ1) is 35.9. The first-order chi connectivity index (χ1) is 23.6. The quantitative estimate of drug-likeness (QED) is 0.149. The lowest BCUT2D eigenvalue weighted by Gasteiger charge is -2.39. The van der Waals surface area contributed by atoms with Gasteiger partial charge < -0.3 is 29.7 Å². The van der Waals surface area contributed by atoms with E-state index in [0.717, 1.165) is 38.9 Å². The molecular formula is C40H46N2O7. The van der Waals surface area contributed by atoms with E-state index in [2.05, 4.69) is 16.3 Å². The maximum atomic E-state index is 12.4. The molecule has 3 N–H and O–H groups in total. The van der Waals surface area contributed by atoms with Gasteiger partial charge in [0.2, 0.25) is 0 Å². The molecule has 0 saturated carbocycles. The highest BCUT2D eigenvalue weighted by atomic mass is 16.7. The molecule has 49 heavy (non-hydrogen) atoms. The van der Waals surface area contributed by atoms with Crippen LogP contribution in [0.4, 0.5) is 0 Å². The van der Waals surface area contributed by atoms with Gasteiger partial charge in [0.05, 0.1) is 24.9 Å². The Morgan fingerprint density at radius 3 is 2.27 bits per heavy atom. The summed E-state index contributed by atoms with van der Waals surface area (Å²) in [7, 11) is 2.00. The Labute approximate surface area is 288 Å². The standard InChI is InChI=1S/C40H46N2O7/c1-26(38(45)32-11-6-5-7-12-32)42(4)24-36-22-37(31-18-16-29(25-43)17-19-31)49-40(48-36)35-15-9-14-34(21-35)33-13-8-10-30(20-33)23-41-39(46)27(2)47-28(3)44/h5-21,26-27,36-38,40,43,45H,22-25H2,1-4H3,(H,41,46)/t26-,27+,36+,37-,38-,40-/m1/s1. The summed E-state index contributed by atoms with van der Waals surface area (Å²) in [5.41, 5.74) is 6.41. The lowest BCUT2D eigenvalue weighted by Crippen LogP contribution is -2.43. The van der Waals surface area contributed by atoms with Crippen LogP contribution < -0.4 is 5.32 Å². The zero-order valence-electron chi connectivity index (χ0n) is 28.5. The van der Waals surface area contributed by atoms with E-state index in [1.807, 2.05) is 111 Å². The predicted octanol–water partition coefficient (Wildman–Crippen LogP) is 6.01. The Kier molecular flexibility index (Phi) is 12.3. The Morgan fingerprint density at radius 2 is 1.57 bits per heavy atom. The number of esters is 1. The van der Waals surface area contributed by atoms with Gasteiger partial charge in [-0.1, -0.05) is 91.0 Å². The molecule has 1 aliphatic rings. The van der Waals surface area contributed by atoms with Crippen LogP contribution in [0.2, 0.25) is 0 Å². The van der Waals surface area contributed by atoms with Crippen molar-refractivity contribution in [3.05, 3.63) is 131 Å². The second-order valence-electron chi connectivity index (χ2n) is 12.7. The molecule has 0 radical (unpaired) electrons. The van der Waals surface area contributed by atoms with Crippen LogP contribution >= 0.6 is 0 Å². The Balaban J connectivity index is 1.34. The van der Waals surface area contributed by atoms with Gasteiger partial charge in [-0.3, -0.25) is 14.5 Å². The van der Waals surface area contributed by atoms with E-state index in [1.165, 1.54) is 6.92 Å². The average molecular weight is 667 g/mol. The number of ether oxygens (including phenoxy) is 3. The van der Waals surface area contributed by atoms with E-state index in [4.69, 9.17) is 14.2 Å². The molecule has 1 amide bonds. The number of hydrogen-bond acceptors (Lipinski definition) is 8. The lowest BCUT2D eigenvalue weighted by molar-refractivity contribution is -0.253. The number of aliphatic hydroxyl groups excluding tert-OH is 2. The van der Waals surface area contributed by atoms with E-state index in [9.17, 15) is 19.8 Å². The minimum atomic E-state index is -0.870. The van der Waals surface area contributed by atoms with Crippen molar-refractivity contribution < 1.29 is 34.0 Å². The number of benzene rings is 4. The van der Waals surface area contributed by atoms with Gasteiger partial charge in [-0.05, 0) is 66.4 Å². The van der Waals surface area contributed by atoms with Crippen LogP contribution in [0.3, 0.4) is 0 Å². The molecule has 9 heteroatoms. The summed E-state index contributed by atoms with van der Waals surface area (Å²) in [6, 6.07) is 33.3. The fraction of sp³-hybridized carbons (Fsp3) is 0.350. The van der Waals surface area contributed by atoms with Gasteiger partial charge in [0, 0.05) is 38.0 Å². The third-order valence-corrected chi connectivity index (χ3v) is 9.00. The van der Waals surface area contributed by atoms with E-state index in [0.29, 0.717) is 13.0 Å². The minimum Gasteiger partial charge on any atom is -0.453 e. The summed E-state index contributed by atoms with van der Waals surface area (Å²) < 4.78 is 18.2. The van der Waals surface area contributed by atoms with Crippen molar-refractivity contribution in [3.8, 4) is 11.1 Å². The predicted molar refractivity (Wildman–Crippen MR) is 187 cm³/mol. The van der Waals surface area contributed by atoms with Crippen LogP contribution in [0.15, 0.2) is 103 Å². The second kappa shape index (κ2) is 16.8. The largest absolute Gasteiger partial charge is 0.453 e. The van der Waals surface area contributed by atoms with Gasteiger partial charge in [-0.15, -0.1) is 0 Å². The van der Waals surface area contributed by atoms with E-state index in [-0.39, 0.29) is 37.3 Å². The summed E-state index contributed by atoms with van der Waals surface area (Å²) in [6.45, 7) is 5.68. The maximum absolute atomic E-state index is 12.4. The summed E-state index contributed by atoms with van der Waals surface area (Å²) in [5.74, 6) is -0.866. The first-order valence-electron chi connectivity index (χ1n) is 16.7. The summed E-state index contributed by atoms with van der Waals surface area (Å²) in [6.07, 6.45) is -1.98. The van der Waals surface area contributed by atoms with Crippen molar-refractivity contribution in [2.45, 2.75) is 77.1 Å². The molecule has 9 nitrogen and oxygen atoms in total. The fourth-order valence-electron chi connectivity index (χ4n) is 6.05. The molecule has 6 atom stereocenters. The molecule has 0 aromatic heterocycles. The Hall–Kier alpha value is -4.38. The molecule has 0 unspecified atom stereocenters. The molecule has 5 rings (SSSR count). The number of carbonyl (C=O) groups excluding carboxylic acids is 2. The molecule has 0 aliphatic carbocycles. The van der Waals surface area contributed by atoms with Crippen LogP contribution in [-0.2, 0) is 37.0 Å². The number of hydrogen-bond donors (Lipinski definition) is 3. The molecular weight excluding hydrogens is 620 g/mol. The molecule has 0 bridgehead atoms. The number of aliphatic hydroxyl groups is 2. The van der Waals surface area contributed by atoms with Crippen molar-refractivity contribution in [1.29, 1.82) is 0 Å². The SMILES string of the molecule is CC(=O)O[C@@H](C)C(=O)NCc1cccc(-c2cccc([C@@H]3O[C@H](CN(C)[C@H](C)[C@@H](O)c4ccccc4)C[C@H](c4ccc(CO)cc4)O3)c2)c1. The monoisotopic (exact) mass is 666 g/mol. The molecule has 1 heterocycles. The molecule has 4 aromatic rings. The number of carbonyl (C=O) groups is 2. The molecule has 1 saturated heterocycles. The molecule has 258 valence electrons. The smallest absolute Gasteiger partial charge is 0.303 e. The zero-order chi connectivity index (χ0) is 34.9. The topological polar surface area (TPSA) is 118 Å². The number of amides is 1. The van der Waals surface area contributed by atoms with Crippen molar-refractivity contribution in [2.24, 2.45) is 0 Å². The Bertz CT molecular complexity index is 1680. The highest BCUT2D eigenvalue weighted by Crippen LogP contribution is 2.39. The number of rotatable bonds is 13. The van der Waals surface area contributed by atoms with Gasteiger partial charge in [0.25, 0.3) is 5.91 Å². The van der Waals surface area contributed by atoms with Crippen molar-refractivity contribution in [3.63, 3.8) is 0 Å². The summed E-state index contributed by atoms with van der Waals surface area (Å²) in [5, 5.41) is 23.5. The van der Waals surface area contributed by atoms with Crippen molar-refractivity contribution >= 4 is 11.9 Å². The van der Waals surface area contributed by atoms with Gasteiger partial charge in [-0.2, -0.15) is 0 Å². The molecule has 4 aromatic carbocycles. The zero-order valence-corrected chi connectivity index (χ0v) is 28.5. The molecule has 0 spiro atoms. The fourth-order valence-corrected chi connectivity index (χ4v) is 6.05. The van der Waals surface area contributed by atoms with Crippen molar-refractivity contribution in [2.75, 3.05) is 13.6 Å². The third-order valence-electron chi connectivity index (χ3n) is 9.00. The molecule has 1 fully saturated rings.